The Kier molecular flexibility index (Phi) is 3.74. The van der Waals surface area contributed by atoms with Crippen molar-refractivity contribution in [2.24, 2.45) is 0 Å². The standard InChI is InChI=1S/C18H12ClN3O3/c19-14-4-1-11(2-5-14)8-22-9-13(10-23)15-6-3-12(7-16(15)22)17-20-18(24)25-21-17/h1-7,9-10H,8H2,(H,20,21,24). The van der Waals surface area contributed by atoms with Gasteiger partial charge >= 0.3 is 5.76 Å². The van der Waals surface area contributed by atoms with Gasteiger partial charge in [0.05, 0.1) is 0 Å². The first-order chi connectivity index (χ1) is 12.1. The molecule has 0 saturated carbocycles. The average Bonchev–Trinajstić information content (AvgIpc) is 3.20. The third-order valence-corrected chi connectivity index (χ3v) is 4.27. The quantitative estimate of drug-likeness (QED) is 0.569. The minimum Gasteiger partial charge on any atom is -0.342 e. The summed E-state index contributed by atoms with van der Waals surface area (Å²) in [5, 5.41) is 5.21. The average molecular weight is 354 g/mol. The van der Waals surface area contributed by atoms with E-state index in [1.165, 1.54) is 0 Å². The summed E-state index contributed by atoms with van der Waals surface area (Å²) in [4.78, 5) is 25.1. The van der Waals surface area contributed by atoms with Crippen molar-refractivity contribution >= 4 is 28.8 Å². The molecule has 0 amide bonds. The van der Waals surface area contributed by atoms with Gasteiger partial charge in [-0.25, -0.2) is 4.79 Å². The maximum atomic E-state index is 11.4. The molecule has 1 N–H and O–H groups in total. The van der Waals surface area contributed by atoms with Crippen LogP contribution in [0.4, 0.5) is 0 Å². The Labute approximate surface area is 146 Å². The number of aldehydes is 1. The molecule has 6 nitrogen and oxygen atoms in total. The summed E-state index contributed by atoms with van der Waals surface area (Å²) >= 11 is 5.93. The predicted octanol–water partition coefficient (Wildman–Crippen LogP) is 3.50. The van der Waals surface area contributed by atoms with Crippen LogP contribution in [0.1, 0.15) is 15.9 Å². The number of carbonyl (C=O) groups excluding carboxylic acids is 1. The molecule has 0 bridgehead atoms. The lowest BCUT2D eigenvalue weighted by molar-refractivity contribution is 0.112. The van der Waals surface area contributed by atoms with E-state index in [4.69, 9.17) is 11.6 Å². The van der Waals surface area contributed by atoms with Gasteiger partial charge in [0.25, 0.3) is 0 Å². The fourth-order valence-electron chi connectivity index (χ4n) is 2.83. The molecule has 2 aromatic heterocycles. The number of rotatable bonds is 4. The molecule has 0 aliphatic heterocycles. The van der Waals surface area contributed by atoms with E-state index in [-0.39, 0.29) is 0 Å². The number of halogens is 1. The number of nitrogens with one attached hydrogen (secondary N) is 1. The molecule has 2 aromatic carbocycles. The zero-order valence-electron chi connectivity index (χ0n) is 12.9. The summed E-state index contributed by atoms with van der Waals surface area (Å²) in [5.74, 6) is -0.265. The predicted molar refractivity (Wildman–Crippen MR) is 94.0 cm³/mol. The Morgan fingerprint density at radius 2 is 2.00 bits per heavy atom. The molecule has 0 saturated heterocycles. The normalized spacial score (nSPS) is 11.1. The van der Waals surface area contributed by atoms with Crippen LogP contribution in [0.25, 0.3) is 22.3 Å². The smallest absolute Gasteiger partial charge is 0.342 e. The SMILES string of the molecule is O=Cc1cn(Cc2ccc(Cl)cc2)c2cc(-c3noc(=O)[nH]3)ccc12. The van der Waals surface area contributed by atoms with Crippen molar-refractivity contribution in [1.29, 1.82) is 0 Å². The number of aromatic nitrogens is 3. The molecular formula is C18H12ClN3O3. The van der Waals surface area contributed by atoms with E-state index in [1.54, 1.807) is 6.07 Å². The van der Waals surface area contributed by atoms with Crippen molar-refractivity contribution < 1.29 is 9.32 Å². The molecule has 4 aromatic rings. The molecule has 0 unspecified atom stereocenters. The molecular weight excluding hydrogens is 342 g/mol. The highest BCUT2D eigenvalue weighted by Gasteiger charge is 2.12. The highest BCUT2D eigenvalue weighted by Crippen LogP contribution is 2.26. The van der Waals surface area contributed by atoms with Crippen LogP contribution in [0, 0.1) is 0 Å². The van der Waals surface area contributed by atoms with Crippen molar-refractivity contribution in [2.75, 3.05) is 0 Å². The lowest BCUT2D eigenvalue weighted by atomic mass is 10.1. The second kappa shape index (κ2) is 6.07. The van der Waals surface area contributed by atoms with Gasteiger partial charge in [-0.1, -0.05) is 41.0 Å². The van der Waals surface area contributed by atoms with Crippen LogP contribution in [0.3, 0.4) is 0 Å². The number of fused-ring (bicyclic) bond motifs is 1. The van der Waals surface area contributed by atoms with E-state index in [9.17, 15) is 9.59 Å². The van der Waals surface area contributed by atoms with Crippen LogP contribution < -0.4 is 5.76 Å². The lowest BCUT2D eigenvalue weighted by Gasteiger charge is -2.06. The maximum Gasteiger partial charge on any atom is 0.439 e. The van der Waals surface area contributed by atoms with Gasteiger partial charge in [-0.05, 0) is 23.8 Å². The second-order valence-corrected chi connectivity index (χ2v) is 6.07. The Bertz CT molecular complexity index is 1120. The number of H-pyrrole nitrogens is 1. The van der Waals surface area contributed by atoms with E-state index in [2.05, 4.69) is 14.7 Å². The topological polar surface area (TPSA) is 80.9 Å². The Balaban J connectivity index is 1.83. The third-order valence-electron chi connectivity index (χ3n) is 4.02. The first-order valence-electron chi connectivity index (χ1n) is 7.53. The summed E-state index contributed by atoms with van der Waals surface area (Å²) in [6, 6.07) is 13.0. The first kappa shape index (κ1) is 15.4. The molecule has 124 valence electrons. The largest absolute Gasteiger partial charge is 0.439 e. The number of hydrogen-bond acceptors (Lipinski definition) is 4. The summed E-state index contributed by atoms with van der Waals surface area (Å²) < 4.78 is 6.53. The van der Waals surface area contributed by atoms with Gasteiger partial charge in [0, 0.05) is 39.8 Å². The summed E-state index contributed by atoms with van der Waals surface area (Å²) in [7, 11) is 0. The van der Waals surface area contributed by atoms with Crippen LogP contribution in [0.15, 0.2) is 58.0 Å². The van der Waals surface area contributed by atoms with Gasteiger partial charge in [-0.15, -0.1) is 0 Å². The summed E-state index contributed by atoms with van der Waals surface area (Å²) in [6.45, 7) is 0.584. The van der Waals surface area contributed by atoms with Gasteiger partial charge in [0.2, 0.25) is 0 Å². The van der Waals surface area contributed by atoms with Crippen molar-refractivity contribution in [3.05, 3.63) is 75.4 Å². The van der Waals surface area contributed by atoms with Crippen LogP contribution in [0.2, 0.25) is 5.02 Å². The maximum absolute atomic E-state index is 11.4. The fourth-order valence-corrected chi connectivity index (χ4v) is 2.96. The highest BCUT2D eigenvalue weighted by molar-refractivity contribution is 6.30. The fraction of sp³-hybridized carbons (Fsp3) is 0.0556. The minimum absolute atomic E-state index is 0.346. The van der Waals surface area contributed by atoms with E-state index >= 15 is 0 Å². The molecule has 2 heterocycles. The molecule has 0 radical (unpaired) electrons. The Hall–Kier alpha value is -3.12. The van der Waals surface area contributed by atoms with E-state index in [0.29, 0.717) is 28.5 Å². The second-order valence-electron chi connectivity index (χ2n) is 5.63. The van der Waals surface area contributed by atoms with Gasteiger partial charge < -0.3 is 4.57 Å². The van der Waals surface area contributed by atoms with Crippen LogP contribution in [-0.2, 0) is 6.54 Å². The van der Waals surface area contributed by atoms with Crippen molar-refractivity contribution in [2.45, 2.75) is 6.54 Å². The Morgan fingerprint density at radius 3 is 2.68 bits per heavy atom. The number of aromatic amines is 1. The molecule has 0 spiro atoms. The first-order valence-corrected chi connectivity index (χ1v) is 7.91. The molecule has 0 aliphatic carbocycles. The number of hydrogen-bond donors (Lipinski definition) is 1. The van der Waals surface area contributed by atoms with Crippen molar-refractivity contribution in [1.82, 2.24) is 14.7 Å². The van der Waals surface area contributed by atoms with Gasteiger partial charge in [-0.2, -0.15) is 0 Å². The lowest BCUT2D eigenvalue weighted by Crippen LogP contribution is -1.98. The number of benzene rings is 2. The highest BCUT2D eigenvalue weighted by atomic mass is 35.5. The van der Waals surface area contributed by atoms with Crippen molar-refractivity contribution in [3.63, 3.8) is 0 Å². The molecule has 4 rings (SSSR count). The minimum atomic E-state index is -0.611. The van der Waals surface area contributed by atoms with E-state index in [1.807, 2.05) is 47.2 Å². The van der Waals surface area contributed by atoms with Crippen LogP contribution in [-0.4, -0.2) is 21.0 Å². The van der Waals surface area contributed by atoms with Gasteiger partial charge in [-0.3, -0.25) is 14.3 Å². The zero-order chi connectivity index (χ0) is 17.4. The van der Waals surface area contributed by atoms with Gasteiger partial charge in [0.1, 0.15) is 0 Å². The summed E-state index contributed by atoms with van der Waals surface area (Å²) in [6.07, 6.45) is 2.64. The monoisotopic (exact) mass is 353 g/mol. The molecule has 25 heavy (non-hydrogen) atoms. The zero-order valence-corrected chi connectivity index (χ0v) is 13.7. The van der Waals surface area contributed by atoms with Crippen LogP contribution in [0.5, 0.6) is 0 Å². The van der Waals surface area contributed by atoms with E-state index in [0.717, 1.165) is 22.8 Å². The number of carbonyl (C=O) groups is 1. The third kappa shape index (κ3) is 2.88. The van der Waals surface area contributed by atoms with Crippen LogP contribution >= 0.6 is 11.6 Å². The Morgan fingerprint density at radius 1 is 1.20 bits per heavy atom. The van der Waals surface area contributed by atoms with Crippen molar-refractivity contribution in [3.8, 4) is 11.4 Å². The van der Waals surface area contributed by atoms with Gasteiger partial charge in [0.15, 0.2) is 12.1 Å². The molecule has 0 atom stereocenters. The molecule has 7 heteroatoms. The number of nitrogens with zero attached hydrogens (tertiary/aromatic N) is 2. The van der Waals surface area contributed by atoms with E-state index < -0.39 is 5.76 Å². The molecule has 0 aliphatic rings. The molecule has 0 fully saturated rings. The summed E-state index contributed by atoms with van der Waals surface area (Å²) in [5.41, 5.74) is 3.22.